The molecule has 4 aromatic rings. The Morgan fingerprint density at radius 3 is 1.81 bits per heavy atom. The fourth-order valence-corrected chi connectivity index (χ4v) is 7.07. The van der Waals surface area contributed by atoms with E-state index in [2.05, 4.69) is 25.9 Å². The van der Waals surface area contributed by atoms with Crippen molar-refractivity contribution in [3.8, 4) is 45.4 Å². The topological polar surface area (TPSA) is 143 Å². The summed E-state index contributed by atoms with van der Waals surface area (Å²) in [6.07, 6.45) is 6.32. The minimum absolute atomic E-state index is 0.0827. The molecule has 48 heavy (non-hydrogen) atoms. The summed E-state index contributed by atoms with van der Waals surface area (Å²) in [5.41, 5.74) is 4.74. The molecule has 2 aromatic heterocycles. The molecule has 1 saturated carbocycles. The first-order valence-corrected chi connectivity index (χ1v) is 16.7. The van der Waals surface area contributed by atoms with Crippen LogP contribution in [-0.4, -0.2) is 69.9 Å². The van der Waals surface area contributed by atoms with Crippen LogP contribution < -0.4 is 25.4 Å². The Balaban J connectivity index is 1.19. The maximum atomic E-state index is 11.5. The first-order valence-electron chi connectivity index (χ1n) is 16.0. The van der Waals surface area contributed by atoms with Gasteiger partial charge < -0.3 is 30.5 Å². The summed E-state index contributed by atoms with van der Waals surface area (Å²) in [6, 6.07) is 11.5. The van der Waals surface area contributed by atoms with E-state index in [0.717, 1.165) is 36.9 Å². The minimum Gasteiger partial charge on any atom is -0.480 e. The standard InChI is InChI=1S/C35H39Cl2N7O4/c1-35(46)12-20(13-35)14-38-16-28-33(47-2)43-26(18-40-28)24-8-4-6-22(31(24)36)23-7-5-9-25(32(23)37)27-19-41-29(34(44-27)48-3)17-39-15-21-10-11-30(45)42-21/h4-9,18-21,38-39,46H,10-17H2,1-3H3,(H,42,45)/t20-,21-,35-/m0/s1. The van der Waals surface area contributed by atoms with Crippen molar-refractivity contribution in [3.05, 3.63) is 70.2 Å². The number of amides is 1. The van der Waals surface area contributed by atoms with Crippen LogP contribution in [-0.2, 0) is 17.9 Å². The molecule has 0 bridgehead atoms. The number of aromatic nitrogens is 4. The largest absolute Gasteiger partial charge is 0.480 e. The highest BCUT2D eigenvalue weighted by atomic mass is 35.5. The zero-order valence-corrected chi connectivity index (χ0v) is 28.7. The maximum absolute atomic E-state index is 11.5. The number of benzene rings is 2. The maximum Gasteiger partial charge on any atom is 0.237 e. The van der Waals surface area contributed by atoms with E-state index in [1.807, 2.05) is 43.3 Å². The van der Waals surface area contributed by atoms with Crippen LogP contribution in [0.2, 0.25) is 10.0 Å². The van der Waals surface area contributed by atoms with Gasteiger partial charge in [-0.3, -0.25) is 14.8 Å². The zero-order valence-electron chi connectivity index (χ0n) is 27.1. The van der Waals surface area contributed by atoms with Crippen molar-refractivity contribution in [1.29, 1.82) is 0 Å². The summed E-state index contributed by atoms with van der Waals surface area (Å²) in [6.45, 7) is 4.23. The zero-order chi connectivity index (χ0) is 33.8. The second-order valence-electron chi connectivity index (χ2n) is 12.6. The molecule has 2 aromatic carbocycles. The molecule has 252 valence electrons. The number of carbonyl (C=O) groups excluding carboxylic acids is 1. The van der Waals surface area contributed by atoms with Crippen LogP contribution in [0.5, 0.6) is 11.8 Å². The van der Waals surface area contributed by atoms with Gasteiger partial charge in [0, 0.05) is 54.4 Å². The number of methoxy groups -OCH3 is 2. The molecule has 6 rings (SSSR count). The normalized spacial score (nSPS) is 20.3. The molecule has 1 aliphatic carbocycles. The number of halogens is 2. The molecule has 4 N–H and O–H groups in total. The summed E-state index contributed by atoms with van der Waals surface area (Å²) in [5.74, 6) is 1.33. The summed E-state index contributed by atoms with van der Waals surface area (Å²) < 4.78 is 11.2. The van der Waals surface area contributed by atoms with E-state index in [4.69, 9.17) is 42.6 Å². The van der Waals surface area contributed by atoms with Crippen molar-refractivity contribution in [2.75, 3.05) is 27.3 Å². The third-order valence-corrected chi connectivity index (χ3v) is 9.61. The summed E-state index contributed by atoms with van der Waals surface area (Å²) >= 11 is 14.1. The molecule has 0 spiro atoms. The molecular formula is C35H39Cl2N7O4. The van der Waals surface area contributed by atoms with Crippen molar-refractivity contribution >= 4 is 29.1 Å². The van der Waals surface area contributed by atoms with Crippen LogP contribution in [0, 0.1) is 5.92 Å². The van der Waals surface area contributed by atoms with Gasteiger partial charge in [0.15, 0.2) is 0 Å². The van der Waals surface area contributed by atoms with Crippen LogP contribution in [0.1, 0.15) is 44.0 Å². The molecule has 11 nitrogen and oxygen atoms in total. The smallest absolute Gasteiger partial charge is 0.237 e. The average Bonchev–Trinajstić information content (AvgIpc) is 3.49. The molecule has 0 radical (unpaired) electrons. The average molecular weight is 693 g/mol. The lowest BCUT2D eigenvalue weighted by atomic mass is 9.72. The first-order chi connectivity index (χ1) is 23.2. The SMILES string of the molecule is COc1nc(-c2cccc(-c3cccc(-c4cnc(CNC[C@H]5C[C@](C)(O)C5)c(OC)n4)c3Cl)c2Cl)cnc1CNC[C@@H]1CCC(=O)N1. The van der Waals surface area contributed by atoms with Gasteiger partial charge in [-0.1, -0.05) is 59.6 Å². The lowest BCUT2D eigenvalue weighted by Gasteiger charge is -2.41. The highest BCUT2D eigenvalue weighted by molar-refractivity contribution is 6.39. The molecule has 2 aliphatic rings. The number of hydrogen-bond acceptors (Lipinski definition) is 10. The quantitative estimate of drug-likeness (QED) is 0.148. The Labute approximate surface area is 289 Å². The lowest BCUT2D eigenvalue weighted by Crippen LogP contribution is -2.44. The molecule has 13 heteroatoms. The van der Waals surface area contributed by atoms with Gasteiger partial charge in [0.1, 0.15) is 11.4 Å². The van der Waals surface area contributed by atoms with Crippen LogP contribution in [0.4, 0.5) is 0 Å². The van der Waals surface area contributed by atoms with E-state index in [1.54, 1.807) is 26.6 Å². The molecule has 1 saturated heterocycles. The van der Waals surface area contributed by atoms with Gasteiger partial charge in [-0.15, -0.1) is 0 Å². The monoisotopic (exact) mass is 691 g/mol. The second-order valence-corrected chi connectivity index (χ2v) is 13.3. The number of aliphatic hydroxyl groups is 1. The molecule has 2 fully saturated rings. The van der Waals surface area contributed by atoms with Gasteiger partial charge in [-0.25, -0.2) is 9.97 Å². The van der Waals surface area contributed by atoms with Crippen LogP contribution in [0.3, 0.4) is 0 Å². The summed E-state index contributed by atoms with van der Waals surface area (Å²) in [4.78, 5) is 30.2. The number of carbonyl (C=O) groups is 1. The fourth-order valence-electron chi connectivity index (χ4n) is 6.42. The van der Waals surface area contributed by atoms with Gasteiger partial charge in [0.25, 0.3) is 0 Å². The Hall–Kier alpha value is -3.87. The molecular weight excluding hydrogens is 653 g/mol. The number of hydrogen-bond donors (Lipinski definition) is 4. The van der Waals surface area contributed by atoms with Crippen LogP contribution in [0.25, 0.3) is 33.6 Å². The van der Waals surface area contributed by atoms with E-state index in [9.17, 15) is 9.90 Å². The van der Waals surface area contributed by atoms with Gasteiger partial charge >= 0.3 is 0 Å². The predicted molar refractivity (Wildman–Crippen MR) is 185 cm³/mol. The number of nitrogens with zero attached hydrogens (tertiary/aromatic N) is 4. The predicted octanol–water partition coefficient (Wildman–Crippen LogP) is 5.21. The van der Waals surface area contributed by atoms with E-state index in [-0.39, 0.29) is 11.9 Å². The third-order valence-electron chi connectivity index (χ3n) is 8.80. The Morgan fingerprint density at radius 1 is 0.854 bits per heavy atom. The highest BCUT2D eigenvalue weighted by Gasteiger charge is 2.37. The highest BCUT2D eigenvalue weighted by Crippen LogP contribution is 2.42. The van der Waals surface area contributed by atoms with Crippen LogP contribution >= 0.6 is 23.2 Å². The van der Waals surface area contributed by atoms with Gasteiger partial charge in [0.2, 0.25) is 17.7 Å². The van der Waals surface area contributed by atoms with Crippen molar-refractivity contribution in [1.82, 2.24) is 35.9 Å². The molecule has 1 amide bonds. The fraction of sp³-hybridized carbons (Fsp3) is 0.400. The van der Waals surface area contributed by atoms with Crippen molar-refractivity contribution in [2.45, 2.75) is 57.3 Å². The Bertz CT molecular complexity index is 1800. The third kappa shape index (κ3) is 7.55. The number of nitrogens with one attached hydrogen (secondary N) is 3. The Kier molecular flexibility index (Phi) is 10.4. The molecule has 1 atom stereocenters. The Morgan fingerprint density at radius 2 is 1.35 bits per heavy atom. The lowest BCUT2D eigenvalue weighted by molar-refractivity contribution is -0.119. The second kappa shape index (κ2) is 14.7. The minimum atomic E-state index is -0.548. The number of rotatable bonds is 13. The summed E-state index contributed by atoms with van der Waals surface area (Å²) in [7, 11) is 3.13. The van der Waals surface area contributed by atoms with Gasteiger partial charge in [-0.2, -0.15) is 0 Å². The molecule has 0 unspecified atom stereocenters. The molecule has 1 aliphatic heterocycles. The molecule has 3 heterocycles. The van der Waals surface area contributed by atoms with E-state index >= 15 is 0 Å². The van der Waals surface area contributed by atoms with E-state index < -0.39 is 5.60 Å². The van der Waals surface area contributed by atoms with Crippen LogP contribution in [0.15, 0.2) is 48.8 Å². The van der Waals surface area contributed by atoms with Crippen molar-refractivity contribution in [3.63, 3.8) is 0 Å². The van der Waals surface area contributed by atoms with Crippen molar-refractivity contribution < 1.29 is 19.4 Å². The van der Waals surface area contributed by atoms with E-state index in [0.29, 0.717) is 87.7 Å². The van der Waals surface area contributed by atoms with Crippen molar-refractivity contribution in [2.24, 2.45) is 5.92 Å². The van der Waals surface area contributed by atoms with E-state index in [1.165, 1.54) is 0 Å². The van der Waals surface area contributed by atoms with Gasteiger partial charge in [-0.05, 0) is 38.6 Å². The summed E-state index contributed by atoms with van der Waals surface area (Å²) in [5, 5.41) is 20.6. The first kappa shape index (κ1) is 34.0. The number of ether oxygens (including phenoxy) is 2. The van der Waals surface area contributed by atoms with Gasteiger partial charge in [0.05, 0.1) is 53.6 Å².